The average molecular weight is 257 g/mol. The van der Waals surface area contributed by atoms with E-state index in [0.29, 0.717) is 6.61 Å². The predicted octanol–water partition coefficient (Wildman–Crippen LogP) is -3.00. The molecule has 0 radical (unpaired) electrons. The highest BCUT2D eigenvalue weighted by molar-refractivity contribution is 5.75. The Morgan fingerprint density at radius 2 is 1.88 bits per heavy atom. The number of hydrogen-bond donors (Lipinski definition) is 1. The summed E-state index contributed by atoms with van der Waals surface area (Å²) in [4.78, 5) is 5.79. The number of allylic oxidation sites excluding steroid dienone is 1. The lowest BCUT2D eigenvalue weighted by Crippen LogP contribution is -2.58. The zero-order valence-electron chi connectivity index (χ0n) is 9.71. The summed E-state index contributed by atoms with van der Waals surface area (Å²) >= 11 is 0. The van der Waals surface area contributed by atoms with E-state index in [1.807, 2.05) is 32.1 Å². The van der Waals surface area contributed by atoms with Gasteiger partial charge in [0.05, 0.1) is 27.7 Å². The smallest absolute Gasteiger partial charge is 0.152 e. The van der Waals surface area contributed by atoms with Crippen molar-refractivity contribution in [2.45, 2.75) is 6.92 Å². The van der Waals surface area contributed by atoms with Gasteiger partial charge in [-0.2, -0.15) is 14.0 Å². The second-order valence-electron chi connectivity index (χ2n) is 2.71. The third-order valence-corrected chi connectivity index (χ3v) is 0.953. The van der Waals surface area contributed by atoms with E-state index in [1.165, 1.54) is 0 Å². The summed E-state index contributed by atoms with van der Waals surface area (Å²) in [6, 6.07) is 0. The molecule has 1 N–H and O–H groups in total. The highest BCUT2D eigenvalue weighted by atomic mass is 35.7. The summed E-state index contributed by atoms with van der Waals surface area (Å²) in [7, 11) is 0.924. The minimum Gasteiger partial charge on any atom is -0.491 e. The van der Waals surface area contributed by atoms with Crippen LogP contribution in [0.5, 0.6) is 0 Å². The first kappa shape index (κ1) is 17.5. The number of hydrogen-bond acceptors (Lipinski definition) is 7. The van der Waals surface area contributed by atoms with Crippen LogP contribution in [0.1, 0.15) is 6.92 Å². The third kappa shape index (κ3) is 23.2. The molecule has 0 aromatic carbocycles. The molecule has 8 heteroatoms. The molecule has 0 saturated carbocycles. The summed E-state index contributed by atoms with van der Waals surface area (Å²) < 4.78 is 38.0. The molecule has 16 heavy (non-hydrogen) atoms. The molecule has 0 rings (SSSR count). The molecular weight excluding hydrogens is 240 g/mol. The molecule has 0 aliphatic rings. The van der Waals surface area contributed by atoms with E-state index in [4.69, 9.17) is 23.4 Å². The number of nitrogens with zero attached hydrogens (tertiary/aromatic N) is 2. The first-order valence-corrected chi connectivity index (χ1v) is 5.53. The maximum absolute atomic E-state index is 8.60. The van der Waals surface area contributed by atoms with Crippen LogP contribution in [0.2, 0.25) is 0 Å². The van der Waals surface area contributed by atoms with Gasteiger partial charge in [-0.25, -0.2) is 0 Å². The fourth-order valence-electron chi connectivity index (χ4n) is 0.656. The molecule has 0 unspecified atom stereocenters. The molecule has 0 aliphatic heterocycles. The van der Waals surface area contributed by atoms with Gasteiger partial charge in [-0.1, -0.05) is 0 Å². The molecule has 0 bridgehead atoms. The van der Waals surface area contributed by atoms with Crippen LogP contribution in [0.15, 0.2) is 17.0 Å². The van der Waals surface area contributed by atoms with E-state index in [2.05, 4.69) is 4.99 Å². The van der Waals surface area contributed by atoms with Crippen LogP contribution in [0.25, 0.3) is 0 Å². The Morgan fingerprint density at radius 3 is 2.12 bits per heavy atom. The molecule has 0 aromatic heterocycles. The lowest BCUT2D eigenvalue weighted by Gasteiger charge is -2.08. The van der Waals surface area contributed by atoms with Gasteiger partial charge >= 0.3 is 0 Å². The van der Waals surface area contributed by atoms with E-state index >= 15 is 0 Å². The van der Waals surface area contributed by atoms with Crippen molar-refractivity contribution >= 4 is 6.21 Å². The van der Waals surface area contributed by atoms with Crippen LogP contribution in [-0.2, 0) is 4.74 Å². The molecule has 0 fully saturated rings. The maximum atomic E-state index is 8.60. The SMILES string of the molecule is CCOC(C=NC)=CN(C)C.[O-][Cl+3]([O-])([O-])O. The number of halogens is 1. The van der Waals surface area contributed by atoms with Gasteiger partial charge in [0.1, 0.15) is 0 Å². The van der Waals surface area contributed by atoms with Gasteiger partial charge in [0.2, 0.25) is 0 Å². The average Bonchev–Trinajstić information content (AvgIpc) is 2.00. The van der Waals surface area contributed by atoms with Gasteiger partial charge in [0, 0.05) is 27.3 Å². The molecule has 0 aromatic rings. The molecule has 7 nitrogen and oxygen atoms in total. The van der Waals surface area contributed by atoms with E-state index in [9.17, 15) is 0 Å². The molecular formula is C8H17ClN2O5. The molecule has 0 spiro atoms. The van der Waals surface area contributed by atoms with Gasteiger partial charge in [0.15, 0.2) is 5.76 Å². The van der Waals surface area contributed by atoms with Gasteiger partial charge in [0.25, 0.3) is 0 Å². The van der Waals surface area contributed by atoms with Crippen LogP contribution in [-0.4, -0.2) is 43.5 Å². The van der Waals surface area contributed by atoms with Gasteiger partial charge < -0.3 is 9.64 Å². The maximum Gasteiger partial charge on any atom is 0.152 e. The second kappa shape index (κ2) is 9.37. The summed E-state index contributed by atoms with van der Waals surface area (Å²) in [6.07, 6.45) is 3.58. The highest BCUT2D eigenvalue weighted by Crippen LogP contribution is 1.94. The van der Waals surface area contributed by atoms with Gasteiger partial charge in [-0.3, -0.25) is 4.99 Å². The van der Waals surface area contributed by atoms with Crippen LogP contribution in [0.4, 0.5) is 0 Å². The summed E-state index contributed by atoms with van der Waals surface area (Å²) in [5.41, 5.74) is 0. The first-order chi connectivity index (χ1) is 7.20. The lowest BCUT2D eigenvalue weighted by atomic mass is 10.5. The van der Waals surface area contributed by atoms with Gasteiger partial charge in [-0.15, -0.1) is 0 Å². The van der Waals surface area contributed by atoms with Gasteiger partial charge in [-0.05, 0) is 6.92 Å². The molecule has 0 saturated heterocycles. The molecule has 96 valence electrons. The highest BCUT2D eigenvalue weighted by Gasteiger charge is 1.98. The van der Waals surface area contributed by atoms with E-state index in [-0.39, 0.29) is 0 Å². The zero-order chi connectivity index (χ0) is 13.2. The summed E-state index contributed by atoms with van der Waals surface area (Å²) in [6.45, 7) is 2.62. The minimum absolute atomic E-state index is 0.672. The van der Waals surface area contributed by atoms with Crippen LogP contribution in [0.3, 0.4) is 0 Å². The minimum atomic E-state index is -4.69. The Labute approximate surface area is 97.0 Å². The lowest BCUT2D eigenvalue weighted by molar-refractivity contribution is -1.92. The van der Waals surface area contributed by atoms with E-state index in [0.717, 1.165) is 5.76 Å². The van der Waals surface area contributed by atoms with Crippen LogP contribution < -0.4 is 14.0 Å². The summed E-state index contributed by atoms with van der Waals surface area (Å²) in [5, 5.41) is 0. The van der Waals surface area contributed by atoms with Crippen molar-refractivity contribution in [1.82, 2.24) is 4.90 Å². The van der Waals surface area contributed by atoms with Crippen molar-refractivity contribution in [2.24, 2.45) is 4.99 Å². The first-order valence-electron chi connectivity index (χ1n) is 4.27. The topological polar surface area (TPSA) is 114 Å². The van der Waals surface area contributed by atoms with Crippen molar-refractivity contribution in [1.29, 1.82) is 0 Å². The molecule has 0 amide bonds. The predicted molar refractivity (Wildman–Crippen MR) is 50.0 cm³/mol. The Hall–Kier alpha value is -0.860. The largest absolute Gasteiger partial charge is 0.491 e. The third-order valence-electron chi connectivity index (χ3n) is 0.953. The quantitative estimate of drug-likeness (QED) is 0.424. The Morgan fingerprint density at radius 1 is 1.44 bits per heavy atom. The molecule has 0 atom stereocenters. The Kier molecular flexibility index (Phi) is 10.3. The Balaban J connectivity index is 0. The second-order valence-corrected chi connectivity index (χ2v) is 3.50. The Bertz CT molecular complexity index is 219. The van der Waals surface area contributed by atoms with E-state index < -0.39 is 10.2 Å². The van der Waals surface area contributed by atoms with Crippen molar-refractivity contribution in [3.8, 4) is 0 Å². The van der Waals surface area contributed by atoms with E-state index in [1.54, 1.807) is 13.3 Å². The van der Waals surface area contributed by atoms with Crippen molar-refractivity contribution in [3.63, 3.8) is 0 Å². The number of rotatable bonds is 4. The molecule has 0 heterocycles. The normalized spacial score (nSPS) is 12.1. The fraction of sp³-hybridized carbons (Fsp3) is 0.625. The fourth-order valence-corrected chi connectivity index (χ4v) is 0.656. The van der Waals surface area contributed by atoms with Crippen molar-refractivity contribution in [3.05, 3.63) is 12.0 Å². The molecule has 0 aliphatic carbocycles. The number of aliphatic imine (C=N–C) groups is 1. The standard InChI is InChI=1S/C8H16N2O.ClHO4/c1-5-11-8(6-9-2)7-10(3)4;2-1(3,4)5/h6-7H,5H2,1-4H3;(H,2,3,4,5). The van der Waals surface area contributed by atoms with Crippen LogP contribution >= 0.6 is 0 Å². The van der Waals surface area contributed by atoms with Crippen LogP contribution in [0, 0.1) is 10.2 Å². The van der Waals surface area contributed by atoms with Crippen molar-refractivity contribution in [2.75, 3.05) is 27.7 Å². The zero-order valence-corrected chi connectivity index (χ0v) is 10.5. The summed E-state index contributed by atoms with van der Waals surface area (Å²) in [5.74, 6) is 0.792. The number of ether oxygens (including phenoxy) is 1. The monoisotopic (exact) mass is 256 g/mol. The van der Waals surface area contributed by atoms with Crippen molar-refractivity contribution < 1.29 is 33.6 Å².